The largest absolute Gasteiger partial charge is 0.382 e. The van der Waals surface area contributed by atoms with Crippen molar-refractivity contribution < 1.29 is 14.3 Å². The molecule has 0 saturated carbocycles. The van der Waals surface area contributed by atoms with Crippen LogP contribution in [0, 0.1) is 5.92 Å². The van der Waals surface area contributed by atoms with Crippen LogP contribution in [-0.2, 0) is 20.8 Å². The molecule has 0 aromatic heterocycles. The van der Waals surface area contributed by atoms with E-state index in [2.05, 4.69) is 27.4 Å². The van der Waals surface area contributed by atoms with Gasteiger partial charge in [-0.25, -0.2) is 0 Å². The first-order chi connectivity index (χ1) is 13.7. The number of benzene rings is 1. The van der Waals surface area contributed by atoms with Crippen molar-refractivity contribution in [1.29, 1.82) is 0 Å². The predicted molar refractivity (Wildman–Crippen MR) is 111 cm³/mol. The number of guanidine groups is 1. The van der Waals surface area contributed by atoms with Crippen LogP contribution in [0.3, 0.4) is 0 Å². The van der Waals surface area contributed by atoms with E-state index in [0.717, 1.165) is 44.2 Å². The highest BCUT2D eigenvalue weighted by molar-refractivity contribution is 5.81. The van der Waals surface area contributed by atoms with Crippen molar-refractivity contribution >= 4 is 11.9 Å². The van der Waals surface area contributed by atoms with Crippen LogP contribution in [0.5, 0.6) is 0 Å². The summed E-state index contributed by atoms with van der Waals surface area (Å²) in [5.74, 6) is 1.42. The van der Waals surface area contributed by atoms with Gasteiger partial charge >= 0.3 is 0 Å². The maximum atomic E-state index is 12.1. The van der Waals surface area contributed by atoms with Crippen LogP contribution in [0.1, 0.15) is 25.3 Å². The van der Waals surface area contributed by atoms with Crippen molar-refractivity contribution in [2.45, 2.75) is 26.3 Å². The summed E-state index contributed by atoms with van der Waals surface area (Å²) in [6, 6.07) is 9.92. The van der Waals surface area contributed by atoms with E-state index in [4.69, 9.17) is 9.47 Å². The lowest BCUT2D eigenvalue weighted by Gasteiger charge is -2.21. The molecule has 1 amide bonds. The second kappa shape index (κ2) is 13.1. The fraction of sp³-hybridized carbons (Fsp3) is 0.619. The zero-order valence-electron chi connectivity index (χ0n) is 17.2. The molecule has 7 nitrogen and oxygen atoms in total. The van der Waals surface area contributed by atoms with Crippen molar-refractivity contribution in [1.82, 2.24) is 15.5 Å². The van der Waals surface area contributed by atoms with Crippen LogP contribution in [0.2, 0.25) is 0 Å². The summed E-state index contributed by atoms with van der Waals surface area (Å²) in [7, 11) is 1.68. The molecule has 1 unspecified atom stereocenters. The number of nitrogens with zero attached hydrogens (tertiary/aromatic N) is 2. The van der Waals surface area contributed by atoms with Gasteiger partial charge in [0.1, 0.15) is 0 Å². The molecule has 156 valence electrons. The number of hydrogen-bond acceptors (Lipinski definition) is 4. The number of carbonyl (C=O) groups is 1. The lowest BCUT2D eigenvalue weighted by atomic mass is 10.1. The number of amides is 1. The minimum Gasteiger partial charge on any atom is -0.382 e. The lowest BCUT2D eigenvalue weighted by Crippen LogP contribution is -2.40. The average Bonchev–Trinajstić information content (AvgIpc) is 3.19. The molecule has 0 radical (unpaired) electrons. The van der Waals surface area contributed by atoms with E-state index in [1.807, 2.05) is 30.3 Å². The molecule has 7 heteroatoms. The Morgan fingerprint density at radius 3 is 2.82 bits per heavy atom. The highest BCUT2D eigenvalue weighted by atomic mass is 16.5. The summed E-state index contributed by atoms with van der Waals surface area (Å²) in [6.07, 6.45) is 1.48. The number of nitrogens with one attached hydrogen (secondary N) is 2. The summed E-state index contributed by atoms with van der Waals surface area (Å²) in [5, 5.41) is 6.28. The molecule has 2 rings (SSSR count). The Hall–Kier alpha value is -2.12. The third kappa shape index (κ3) is 8.27. The van der Waals surface area contributed by atoms with Gasteiger partial charge in [-0.05, 0) is 18.9 Å². The molecule has 1 heterocycles. The highest BCUT2D eigenvalue weighted by Crippen LogP contribution is 2.16. The predicted octanol–water partition coefficient (Wildman–Crippen LogP) is 1.64. The Kier molecular flexibility index (Phi) is 10.4. The van der Waals surface area contributed by atoms with Gasteiger partial charge in [0.05, 0.1) is 26.4 Å². The number of hydrogen-bond donors (Lipinski definition) is 2. The number of ether oxygens (including phenoxy) is 2. The summed E-state index contributed by atoms with van der Waals surface area (Å²) >= 11 is 0. The van der Waals surface area contributed by atoms with Crippen LogP contribution >= 0.6 is 0 Å². The maximum absolute atomic E-state index is 12.1. The number of aliphatic imine (C=N–C) groups is 1. The van der Waals surface area contributed by atoms with Crippen molar-refractivity contribution in [3.8, 4) is 0 Å². The van der Waals surface area contributed by atoms with Crippen molar-refractivity contribution in [3.63, 3.8) is 0 Å². The fourth-order valence-electron chi connectivity index (χ4n) is 3.13. The molecule has 0 bridgehead atoms. The summed E-state index contributed by atoms with van der Waals surface area (Å²) in [5.41, 5.74) is 1.10. The minimum absolute atomic E-state index is 0.0225. The highest BCUT2D eigenvalue weighted by Gasteiger charge is 2.24. The van der Waals surface area contributed by atoms with Crippen molar-refractivity contribution in [2.75, 3.05) is 53.1 Å². The van der Waals surface area contributed by atoms with Crippen LogP contribution in [0.4, 0.5) is 0 Å². The molecule has 0 spiro atoms. The molecule has 1 aromatic carbocycles. The first kappa shape index (κ1) is 22.2. The minimum atomic E-state index is 0.0225. The van der Waals surface area contributed by atoms with E-state index in [9.17, 15) is 4.79 Å². The normalized spacial score (nSPS) is 17.0. The molecule has 0 aliphatic carbocycles. The SMILES string of the molecule is CCNC(=NCCC(=O)NCc1ccccc1)N1CCC(COCCOC)C1. The summed E-state index contributed by atoms with van der Waals surface area (Å²) in [4.78, 5) is 19.0. The van der Waals surface area contributed by atoms with Gasteiger partial charge in [-0.15, -0.1) is 0 Å². The van der Waals surface area contributed by atoms with E-state index in [1.165, 1.54) is 0 Å². The zero-order valence-corrected chi connectivity index (χ0v) is 17.2. The Morgan fingerprint density at radius 1 is 1.25 bits per heavy atom. The van der Waals surface area contributed by atoms with E-state index in [1.54, 1.807) is 7.11 Å². The molecule has 1 saturated heterocycles. The van der Waals surface area contributed by atoms with Gasteiger partial charge in [0.25, 0.3) is 0 Å². The molecule has 28 heavy (non-hydrogen) atoms. The fourth-order valence-corrected chi connectivity index (χ4v) is 3.13. The first-order valence-corrected chi connectivity index (χ1v) is 10.1. The Balaban J connectivity index is 1.71. The lowest BCUT2D eigenvalue weighted by molar-refractivity contribution is -0.121. The molecule has 1 fully saturated rings. The zero-order chi connectivity index (χ0) is 20.0. The standard InChI is InChI=1S/C21H34N4O3/c1-3-22-21(25-12-10-19(16-25)17-28-14-13-27-2)23-11-9-20(26)24-15-18-7-5-4-6-8-18/h4-8,19H,3,9-17H2,1-2H3,(H,22,23)(H,24,26). The monoisotopic (exact) mass is 390 g/mol. The first-order valence-electron chi connectivity index (χ1n) is 10.1. The number of rotatable bonds is 11. The van der Waals surface area contributed by atoms with E-state index >= 15 is 0 Å². The Labute approximate surface area is 168 Å². The average molecular weight is 391 g/mol. The van der Waals surface area contributed by atoms with Gasteiger partial charge < -0.3 is 25.0 Å². The van der Waals surface area contributed by atoms with Crippen molar-refractivity contribution in [3.05, 3.63) is 35.9 Å². The van der Waals surface area contributed by atoms with Crippen molar-refractivity contribution in [2.24, 2.45) is 10.9 Å². The summed E-state index contributed by atoms with van der Waals surface area (Å²) in [6.45, 7) is 7.82. The maximum Gasteiger partial charge on any atom is 0.222 e. The van der Waals surface area contributed by atoms with Gasteiger partial charge in [-0.2, -0.15) is 0 Å². The van der Waals surface area contributed by atoms with E-state index in [-0.39, 0.29) is 5.91 Å². The molecule has 2 N–H and O–H groups in total. The van der Waals surface area contributed by atoms with E-state index in [0.29, 0.717) is 38.6 Å². The molecular formula is C21H34N4O3. The second-order valence-electron chi connectivity index (χ2n) is 6.92. The topological polar surface area (TPSA) is 75.2 Å². The van der Waals surface area contributed by atoms with E-state index < -0.39 is 0 Å². The number of carbonyl (C=O) groups excluding carboxylic acids is 1. The van der Waals surface area contributed by atoms with Gasteiger partial charge in [-0.3, -0.25) is 9.79 Å². The van der Waals surface area contributed by atoms with Crippen LogP contribution in [-0.4, -0.2) is 69.9 Å². The molecular weight excluding hydrogens is 356 g/mol. The Morgan fingerprint density at radius 2 is 2.07 bits per heavy atom. The van der Waals surface area contributed by atoms with Gasteiger partial charge in [0.15, 0.2) is 5.96 Å². The van der Waals surface area contributed by atoms with Gasteiger partial charge in [0.2, 0.25) is 5.91 Å². The second-order valence-corrected chi connectivity index (χ2v) is 6.92. The van der Waals surface area contributed by atoms with Crippen LogP contribution < -0.4 is 10.6 Å². The van der Waals surface area contributed by atoms with Crippen LogP contribution in [0.15, 0.2) is 35.3 Å². The van der Waals surface area contributed by atoms with Crippen LogP contribution in [0.25, 0.3) is 0 Å². The van der Waals surface area contributed by atoms with Gasteiger partial charge in [0, 0.05) is 45.6 Å². The number of methoxy groups -OCH3 is 1. The third-order valence-electron chi connectivity index (χ3n) is 4.64. The molecule has 1 aliphatic heterocycles. The third-order valence-corrected chi connectivity index (χ3v) is 4.64. The molecule has 1 aliphatic rings. The van der Waals surface area contributed by atoms with Gasteiger partial charge in [-0.1, -0.05) is 30.3 Å². The number of likely N-dealkylation sites (tertiary alicyclic amines) is 1. The molecule has 1 aromatic rings. The smallest absolute Gasteiger partial charge is 0.222 e. The summed E-state index contributed by atoms with van der Waals surface area (Å²) < 4.78 is 10.7. The Bertz CT molecular complexity index is 595. The quantitative estimate of drug-likeness (QED) is 0.341. The molecule has 1 atom stereocenters.